The predicted molar refractivity (Wildman–Crippen MR) is 58.8 cm³/mol. The molecule has 0 aliphatic carbocycles. The number of allylic oxidation sites excluding steroid dienone is 1. The fourth-order valence-electron chi connectivity index (χ4n) is 2.06. The minimum Gasteiger partial charge on any atom is -0.387 e. The first-order valence-corrected chi connectivity index (χ1v) is 5.66. The summed E-state index contributed by atoms with van der Waals surface area (Å²) in [6, 6.07) is 0. The maximum Gasteiger partial charge on any atom is 0.236 e. The Bertz CT molecular complexity index is 412. The molecule has 0 aromatic carbocycles. The van der Waals surface area contributed by atoms with Gasteiger partial charge in [0, 0.05) is 18.3 Å². The Kier molecular flexibility index (Phi) is 3.47. The highest BCUT2D eigenvalue weighted by molar-refractivity contribution is 6.09. The number of aliphatic hydroxyl groups is 1. The second-order valence-electron chi connectivity index (χ2n) is 4.45. The first-order valence-electron chi connectivity index (χ1n) is 5.66. The van der Waals surface area contributed by atoms with Crippen molar-refractivity contribution in [1.82, 2.24) is 4.90 Å². The lowest BCUT2D eigenvalue weighted by atomic mass is 10.1. The van der Waals surface area contributed by atoms with Crippen LogP contribution in [-0.4, -0.2) is 52.8 Å². The van der Waals surface area contributed by atoms with Crippen molar-refractivity contribution in [1.29, 1.82) is 0 Å². The Morgan fingerprint density at radius 1 is 1.61 bits per heavy atom. The Balaban J connectivity index is 2.22. The van der Waals surface area contributed by atoms with E-state index in [2.05, 4.69) is 0 Å². The molecule has 0 spiro atoms. The molecule has 2 aliphatic rings. The molecule has 7 heteroatoms. The van der Waals surface area contributed by atoms with Crippen molar-refractivity contribution in [3.63, 3.8) is 0 Å². The maximum atomic E-state index is 13.9. The number of nitrogens with two attached hydrogens (primary N) is 1. The summed E-state index contributed by atoms with van der Waals surface area (Å²) < 4.78 is 19.1. The van der Waals surface area contributed by atoms with Gasteiger partial charge in [0.25, 0.3) is 0 Å². The molecule has 100 valence electrons. The molecule has 0 unspecified atom stereocenters. The van der Waals surface area contributed by atoms with Crippen LogP contribution in [0.15, 0.2) is 11.8 Å². The third-order valence-corrected chi connectivity index (χ3v) is 3.17. The monoisotopic (exact) mass is 258 g/mol. The van der Waals surface area contributed by atoms with E-state index in [1.165, 1.54) is 6.20 Å². The molecular formula is C11H15FN2O4. The molecule has 2 heterocycles. The molecule has 2 rings (SSSR count). The third kappa shape index (κ3) is 2.05. The molecule has 4 atom stereocenters. The summed E-state index contributed by atoms with van der Waals surface area (Å²) in [4.78, 5) is 24.0. The van der Waals surface area contributed by atoms with Crippen LogP contribution in [0.1, 0.15) is 13.3 Å². The highest BCUT2D eigenvalue weighted by Gasteiger charge is 2.48. The molecule has 6 nitrogen and oxygen atoms in total. The normalized spacial score (nSPS) is 37.1. The number of amides is 1. The quantitative estimate of drug-likeness (QED) is 0.624. The number of hydrogen-bond acceptors (Lipinski definition) is 5. The second-order valence-corrected chi connectivity index (χ2v) is 4.45. The number of aliphatic hydroxyl groups excluding tert-OH is 1. The van der Waals surface area contributed by atoms with Crippen LogP contribution in [0, 0.1) is 0 Å². The number of carbonyl (C=O) groups excluding carboxylic acids is 2. The van der Waals surface area contributed by atoms with Gasteiger partial charge in [0.05, 0.1) is 6.42 Å². The van der Waals surface area contributed by atoms with Crippen LogP contribution < -0.4 is 5.73 Å². The van der Waals surface area contributed by atoms with Gasteiger partial charge < -0.3 is 15.6 Å². The smallest absolute Gasteiger partial charge is 0.236 e. The maximum absolute atomic E-state index is 13.9. The van der Waals surface area contributed by atoms with Gasteiger partial charge in [-0.3, -0.25) is 14.5 Å². The highest BCUT2D eigenvalue weighted by atomic mass is 19.1. The van der Waals surface area contributed by atoms with Crippen LogP contribution in [0.25, 0.3) is 0 Å². The fraction of sp³-hybridized carbons (Fsp3) is 0.636. The Morgan fingerprint density at radius 3 is 2.83 bits per heavy atom. The minimum absolute atomic E-state index is 0.0399. The van der Waals surface area contributed by atoms with Gasteiger partial charge in [0.2, 0.25) is 5.91 Å². The summed E-state index contributed by atoms with van der Waals surface area (Å²) in [5, 5.41) is 9.56. The van der Waals surface area contributed by atoms with Crippen molar-refractivity contribution in [2.45, 2.75) is 38.0 Å². The molecule has 1 fully saturated rings. The van der Waals surface area contributed by atoms with Gasteiger partial charge in [0.1, 0.15) is 12.2 Å². The van der Waals surface area contributed by atoms with Gasteiger partial charge in [-0.05, 0) is 6.92 Å². The van der Waals surface area contributed by atoms with E-state index < -0.39 is 30.5 Å². The van der Waals surface area contributed by atoms with E-state index in [1.54, 1.807) is 6.92 Å². The average molecular weight is 258 g/mol. The number of carbonyl (C=O) groups is 2. The first kappa shape index (κ1) is 13.1. The van der Waals surface area contributed by atoms with Crippen LogP contribution in [0.3, 0.4) is 0 Å². The van der Waals surface area contributed by atoms with Crippen LogP contribution in [0.5, 0.6) is 0 Å². The van der Waals surface area contributed by atoms with E-state index in [1.807, 2.05) is 0 Å². The number of ether oxygens (including phenoxy) is 1. The van der Waals surface area contributed by atoms with E-state index in [0.717, 1.165) is 4.90 Å². The SMILES string of the molecule is CC1=CN([C@@H]2O[C@H](CN)[C@@H](O)[C@H]2F)C(=O)CC1=O. The zero-order valence-corrected chi connectivity index (χ0v) is 9.88. The minimum atomic E-state index is -1.74. The number of Topliss-reactive ketones (excluding diaryl/α,β-unsaturated/α-hetero) is 1. The summed E-state index contributed by atoms with van der Waals surface area (Å²) in [7, 11) is 0. The molecule has 3 N–H and O–H groups in total. The molecule has 1 amide bonds. The van der Waals surface area contributed by atoms with E-state index in [9.17, 15) is 19.1 Å². The average Bonchev–Trinajstić information content (AvgIpc) is 2.61. The lowest BCUT2D eigenvalue weighted by Gasteiger charge is -2.29. The van der Waals surface area contributed by atoms with Crippen LogP contribution in [0.4, 0.5) is 4.39 Å². The van der Waals surface area contributed by atoms with Crippen LogP contribution in [0.2, 0.25) is 0 Å². The molecule has 1 saturated heterocycles. The molecule has 0 aromatic heterocycles. The second kappa shape index (κ2) is 4.75. The van der Waals surface area contributed by atoms with Gasteiger partial charge in [0.15, 0.2) is 18.2 Å². The lowest BCUT2D eigenvalue weighted by Crippen LogP contribution is -2.45. The van der Waals surface area contributed by atoms with Gasteiger partial charge in [-0.2, -0.15) is 0 Å². The van der Waals surface area contributed by atoms with E-state index >= 15 is 0 Å². The summed E-state index contributed by atoms with van der Waals surface area (Å²) >= 11 is 0. The molecule has 0 bridgehead atoms. The summed E-state index contributed by atoms with van der Waals surface area (Å²) in [5.74, 6) is -0.830. The molecular weight excluding hydrogens is 243 g/mol. The van der Waals surface area contributed by atoms with Gasteiger partial charge in [-0.15, -0.1) is 0 Å². The molecule has 2 aliphatic heterocycles. The number of rotatable bonds is 2. The zero-order chi connectivity index (χ0) is 13.4. The summed E-state index contributed by atoms with van der Waals surface area (Å²) in [6.45, 7) is 1.50. The summed E-state index contributed by atoms with van der Waals surface area (Å²) in [6.07, 6.45) is -4.21. The Labute approximate surface area is 103 Å². The van der Waals surface area contributed by atoms with Gasteiger partial charge >= 0.3 is 0 Å². The molecule has 18 heavy (non-hydrogen) atoms. The number of halogens is 1. The van der Waals surface area contributed by atoms with Crippen LogP contribution >= 0.6 is 0 Å². The van der Waals surface area contributed by atoms with E-state index in [-0.39, 0.29) is 18.7 Å². The van der Waals surface area contributed by atoms with Crippen LogP contribution in [-0.2, 0) is 14.3 Å². The summed E-state index contributed by atoms with van der Waals surface area (Å²) in [5.41, 5.74) is 5.70. The molecule has 0 aromatic rings. The lowest BCUT2D eigenvalue weighted by molar-refractivity contribution is -0.145. The number of ketones is 1. The Morgan fingerprint density at radius 2 is 2.28 bits per heavy atom. The molecule has 0 radical (unpaired) electrons. The number of alkyl halides is 1. The topological polar surface area (TPSA) is 92.9 Å². The van der Waals surface area contributed by atoms with Crippen molar-refractivity contribution in [2.75, 3.05) is 6.54 Å². The van der Waals surface area contributed by atoms with E-state index in [4.69, 9.17) is 10.5 Å². The standard InChI is InChI=1S/C11H15FN2O4/c1-5-4-14(8(16)2-6(5)15)11-9(12)10(17)7(3-13)18-11/h4,7,9-11,17H,2-3,13H2,1H3/t7-,9-,10-,11-/m1/s1. The van der Waals surface area contributed by atoms with Crippen molar-refractivity contribution < 1.29 is 23.8 Å². The van der Waals surface area contributed by atoms with E-state index in [0.29, 0.717) is 5.57 Å². The first-order chi connectivity index (χ1) is 8.45. The van der Waals surface area contributed by atoms with Gasteiger partial charge in [-0.1, -0.05) is 0 Å². The number of nitrogens with zero attached hydrogens (tertiary/aromatic N) is 1. The van der Waals surface area contributed by atoms with Gasteiger partial charge in [-0.25, -0.2) is 4.39 Å². The van der Waals surface area contributed by atoms with Crippen molar-refractivity contribution >= 4 is 11.7 Å². The molecule has 0 saturated carbocycles. The van der Waals surface area contributed by atoms with Crippen molar-refractivity contribution in [2.24, 2.45) is 5.73 Å². The third-order valence-electron chi connectivity index (χ3n) is 3.17. The largest absolute Gasteiger partial charge is 0.387 e. The van der Waals surface area contributed by atoms with Crippen molar-refractivity contribution in [3.05, 3.63) is 11.8 Å². The Hall–Kier alpha value is -1.31. The fourth-order valence-corrected chi connectivity index (χ4v) is 2.06. The number of hydrogen-bond donors (Lipinski definition) is 2. The highest BCUT2D eigenvalue weighted by Crippen LogP contribution is 2.29. The predicted octanol–water partition coefficient (Wildman–Crippen LogP) is -0.926. The zero-order valence-electron chi connectivity index (χ0n) is 9.88. The van der Waals surface area contributed by atoms with Crippen molar-refractivity contribution in [3.8, 4) is 0 Å².